The van der Waals surface area contributed by atoms with Crippen LogP contribution in [0.15, 0.2) is 24.3 Å². The number of anilines is 1. The maximum absolute atomic E-state index is 11.5. The molecule has 1 amide bonds. The summed E-state index contributed by atoms with van der Waals surface area (Å²) in [6.07, 6.45) is 0. The van der Waals surface area contributed by atoms with Crippen molar-refractivity contribution in [2.24, 2.45) is 0 Å². The summed E-state index contributed by atoms with van der Waals surface area (Å²) in [5, 5.41) is 0. The van der Waals surface area contributed by atoms with Gasteiger partial charge in [-0.15, -0.1) is 0 Å². The number of rotatable bonds is 4. The van der Waals surface area contributed by atoms with Crippen molar-refractivity contribution in [2.75, 3.05) is 45.6 Å². The molecule has 98 valence electrons. The Morgan fingerprint density at radius 2 is 2.22 bits per heavy atom. The lowest BCUT2D eigenvalue weighted by Gasteiger charge is -2.31. The van der Waals surface area contributed by atoms with Crippen LogP contribution in [0.5, 0.6) is 5.75 Å². The minimum Gasteiger partial charge on any atom is -0.492 e. The number of likely N-dealkylation sites (N-methyl/N-ethyl adjacent to an activating group) is 1. The number of nitrogens with two attached hydrogens (primary N) is 1. The second-order valence-corrected chi connectivity index (χ2v) is 4.51. The van der Waals surface area contributed by atoms with Crippen LogP contribution in [0.25, 0.3) is 0 Å². The summed E-state index contributed by atoms with van der Waals surface area (Å²) in [6, 6.07) is 7.37. The van der Waals surface area contributed by atoms with Crippen molar-refractivity contribution in [3.63, 3.8) is 0 Å². The minimum atomic E-state index is 0.171. The molecule has 1 saturated heterocycles. The standard InChI is InChI=1S/C13H19N3O2/c1-15-5-6-16(10-13(15)17)7-8-18-12-4-2-3-11(14)9-12/h2-4,9H,5-8,10,14H2,1H3. The Morgan fingerprint density at radius 3 is 2.94 bits per heavy atom. The van der Waals surface area contributed by atoms with E-state index in [4.69, 9.17) is 10.5 Å². The molecule has 2 N–H and O–H groups in total. The van der Waals surface area contributed by atoms with E-state index in [2.05, 4.69) is 4.90 Å². The number of carbonyl (C=O) groups excluding carboxylic acids is 1. The van der Waals surface area contributed by atoms with Crippen molar-refractivity contribution in [2.45, 2.75) is 0 Å². The second kappa shape index (κ2) is 5.73. The topological polar surface area (TPSA) is 58.8 Å². The molecule has 0 unspecified atom stereocenters. The molecule has 1 aromatic carbocycles. The zero-order valence-electron chi connectivity index (χ0n) is 10.6. The molecule has 5 heteroatoms. The Kier molecular flexibility index (Phi) is 4.04. The average molecular weight is 249 g/mol. The maximum Gasteiger partial charge on any atom is 0.236 e. The van der Waals surface area contributed by atoms with Crippen LogP contribution < -0.4 is 10.5 Å². The number of ether oxygens (including phenoxy) is 1. The van der Waals surface area contributed by atoms with Gasteiger partial charge in [0.15, 0.2) is 0 Å². The number of nitrogen functional groups attached to an aromatic ring is 1. The van der Waals surface area contributed by atoms with Gasteiger partial charge in [0.25, 0.3) is 0 Å². The lowest BCUT2D eigenvalue weighted by molar-refractivity contribution is -0.134. The summed E-state index contributed by atoms with van der Waals surface area (Å²) in [5.74, 6) is 0.945. The number of nitrogens with zero attached hydrogens (tertiary/aromatic N) is 2. The molecule has 18 heavy (non-hydrogen) atoms. The quantitative estimate of drug-likeness (QED) is 0.786. The van der Waals surface area contributed by atoms with Crippen molar-refractivity contribution in [1.82, 2.24) is 9.80 Å². The van der Waals surface area contributed by atoms with Crippen LogP contribution in [0.2, 0.25) is 0 Å². The van der Waals surface area contributed by atoms with Crippen LogP contribution in [0.1, 0.15) is 0 Å². The molecule has 1 heterocycles. The van der Waals surface area contributed by atoms with Crippen LogP contribution in [0, 0.1) is 0 Å². The van der Waals surface area contributed by atoms with E-state index in [1.165, 1.54) is 0 Å². The van der Waals surface area contributed by atoms with Gasteiger partial charge in [0, 0.05) is 38.4 Å². The molecule has 0 radical (unpaired) electrons. The molecule has 0 saturated carbocycles. The first-order valence-electron chi connectivity index (χ1n) is 6.10. The van der Waals surface area contributed by atoms with Crippen LogP contribution >= 0.6 is 0 Å². The van der Waals surface area contributed by atoms with E-state index < -0.39 is 0 Å². The lowest BCUT2D eigenvalue weighted by Crippen LogP contribution is -2.49. The van der Waals surface area contributed by atoms with Gasteiger partial charge in [-0.05, 0) is 12.1 Å². The third-order valence-electron chi connectivity index (χ3n) is 3.07. The fraction of sp³-hybridized carbons (Fsp3) is 0.462. The number of benzene rings is 1. The van der Waals surface area contributed by atoms with E-state index in [0.29, 0.717) is 18.8 Å². The molecule has 1 aromatic rings. The third kappa shape index (κ3) is 3.37. The molecule has 1 aliphatic heterocycles. The van der Waals surface area contributed by atoms with Crippen molar-refractivity contribution < 1.29 is 9.53 Å². The summed E-state index contributed by atoms with van der Waals surface area (Å²) in [4.78, 5) is 15.4. The van der Waals surface area contributed by atoms with Crippen LogP contribution in [-0.2, 0) is 4.79 Å². The Balaban J connectivity index is 1.74. The molecule has 0 bridgehead atoms. The van der Waals surface area contributed by atoms with Gasteiger partial charge in [-0.3, -0.25) is 9.69 Å². The smallest absolute Gasteiger partial charge is 0.236 e. The molecular weight excluding hydrogens is 230 g/mol. The Morgan fingerprint density at radius 1 is 1.39 bits per heavy atom. The largest absolute Gasteiger partial charge is 0.492 e. The Labute approximate surface area is 107 Å². The first-order chi connectivity index (χ1) is 8.65. The molecular formula is C13H19N3O2. The summed E-state index contributed by atoms with van der Waals surface area (Å²) in [7, 11) is 1.84. The van der Waals surface area contributed by atoms with Crippen LogP contribution in [-0.4, -0.2) is 55.5 Å². The minimum absolute atomic E-state index is 0.171. The monoisotopic (exact) mass is 249 g/mol. The molecule has 5 nitrogen and oxygen atoms in total. The third-order valence-corrected chi connectivity index (χ3v) is 3.07. The second-order valence-electron chi connectivity index (χ2n) is 4.51. The highest BCUT2D eigenvalue weighted by atomic mass is 16.5. The summed E-state index contributed by atoms with van der Waals surface area (Å²) < 4.78 is 5.61. The number of hydrogen-bond donors (Lipinski definition) is 1. The fourth-order valence-electron chi connectivity index (χ4n) is 1.89. The fourth-order valence-corrected chi connectivity index (χ4v) is 1.89. The Bertz CT molecular complexity index is 422. The molecule has 2 rings (SSSR count). The zero-order chi connectivity index (χ0) is 13.0. The van der Waals surface area contributed by atoms with E-state index in [0.717, 1.165) is 25.4 Å². The van der Waals surface area contributed by atoms with Crippen molar-refractivity contribution in [3.8, 4) is 5.75 Å². The van der Waals surface area contributed by atoms with Crippen molar-refractivity contribution in [1.29, 1.82) is 0 Å². The van der Waals surface area contributed by atoms with Gasteiger partial charge in [-0.2, -0.15) is 0 Å². The van der Waals surface area contributed by atoms with E-state index >= 15 is 0 Å². The summed E-state index contributed by atoms with van der Waals surface area (Å²) in [6.45, 7) is 3.51. The van der Waals surface area contributed by atoms with E-state index in [1.807, 2.05) is 25.2 Å². The highest BCUT2D eigenvalue weighted by Crippen LogP contribution is 2.14. The number of carbonyl (C=O) groups is 1. The molecule has 0 aliphatic carbocycles. The predicted molar refractivity (Wildman–Crippen MR) is 70.4 cm³/mol. The van der Waals surface area contributed by atoms with Gasteiger partial charge in [0.2, 0.25) is 5.91 Å². The van der Waals surface area contributed by atoms with Gasteiger partial charge < -0.3 is 15.4 Å². The van der Waals surface area contributed by atoms with Crippen molar-refractivity contribution >= 4 is 11.6 Å². The van der Waals surface area contributed by atoms with Crippen molar-refractivity contribution in [3.05, 3.63) is 24.3 Å². The average Bonchev–Trinajstić information content (AvgIpc) is 2.34. The van der Waals surface area contributed by atoms with E-state index in [-0.39, 0.29) is 5.91 Å². The van der Waals surface area contributed by atoms with Gasteiger partial charge in [0.1, 0.15) is 12.4 Å². The van der Waals surface area contributed by atoms with Gasteiger partial charge in [-0.25, -0.2) is 0 Å². The Hall–Kier alpha value is -1.75. The molecule has 0 aromatic heterocycles. The summed E-state index contributed by atoms with van der Waals surface area (Å²) >= 11 is 0. The predicted octanol–water partition coefficient (Wildman–Crippen LogP) is 0.422. The van der Waals surface area contributed by atoms with E-state index in [9.17, 15) is 4.79 Å². The van der Waals surface area contributed by atoms with E-state index in [1.54, 1.807) is 11.0 Å². The summed E-state index contributed by atoms with van der Waals surface area (Å²) in [5.41, 5.74) is 6.36. The molecule has 0 atom stereocenters. The maximum atomic E-state index is 11.5. The number of amides is 1. The van der Waals surface area contributed by atoms with Crippen LogP contribution in [0.4, 0.5) is 5.69 Å². The zero-order valence-corrected chi connectivity index (χ0v) is 10.6. The molecule has 1 fully saturated rings. The van der Waals surface area contributed by atoms with Crippen LogP contribution in [0.3, 0.4) is 0 Å². The van der Waals surface area contributed by atoms with Gasteiger partial charge >= 0.3 is 0 Å². The highest BCUT2D eigenvalue weighted by Gasteiger charge is 2.20. The normalized spacial score (nSPS) is 16.9. The SMILES string of the molecule is CN1CCN(CCOc2cccc(N)c2)CC1=O. The molecule has 1 aliphatic rings. The first kappa shape index (κ1) is 12.7. The number of piperazine rings is 1. The first-order valence-corrected chi connectivity index (χ1v) is 6.10. The lowest BCUT2D eigenvalue weighted by atomic mass is 10.3. The molecule has 0 spiro atoms. The van der Waals surface area contributed by atoms with Gasteiger partial charge in [0.05, 0.1) is 6.54 Å². The van der Waals surface area contributed by atoms with Gasteiger partial charge in [-0.1, -0.05) is 6.07 Å². The number of hydrogen-bond acceptors (Lipinski definition) is 4. The highest BCUT2D eigenvalue weighted by molar-refractivity contribution is 5.78.